The summed E-state index contributed by atoms with van der Waals surface area (Å²) in [5.74, 6) is 0.319. The Hall–Kier alpha value is -1.18. The van der Waals surface area contributed by atoms with Crippen LogP contribution >= 0.6 is 0 Å². The third-order valence-corrected chi connectivity index (χ3v) is 7.18. The smallest absolute Gasteiger partial charge is 0.245 e. The van der Waals surface area contributed by atoms with Crippen molar-refractivity contribution in [2.24, 2.45) is 7.05 Å². The zero-order valence-corrected chi connectivity index (χ0v) is 15.2. The average molecular weight is 342 g/mol. The standard InChI is InChI=1S/C15H22N2O3S2/c1-11(10-21(5)18)17(4)22(19,20)15-12(2)16(3)14-9-7-6-8-13(14)15/h6-9,11H,10H2,1-5H3. The van der Waals surface area contributed by atoms with Gasteiger partial charge in [0, 0.05) is 59.5 Å². The van der Waals surface area contributed by atoms with Crippen molar-refractivity contribution in [3.63, 3.8) is 0 Å². The van der Waals surface area contributed by atoms with Crippen LogP contribution in [0, 0.1) is 6.92 Å². The minimum Gasteiger partial charge on any atom is -0.347 e. The number of hydrogen-bond acceptors (Lipinski definition) is 3. The van der Waals surface area contributed by atoms with Gasteiger partial charge in [-0.05, 0) is 19.9 Å². The molecule has 5 nitrogen and oxygen atoms in total. The molecule has 0 aliphatic heterocycles. The Kier molecular flexibility index (Phi) is 4.79. The normalized spacial score (nSPS) is 15.4. The van der Waals surface area contributed by atoms with Gasteiger partial charge in [-0.2, -0.15) is 4.31 Å². The van der Waals surface area contributed by atoms with E-state index in [9.17, 15) is 12.6 Å². The Morgan fingerprint density at radius 3 is 2.50 bits per heavy atom. The van der Waals surface area contributed by atoms with E-state index in [1.54, 1.807) is 20.2 Å². The molecule has 0 spiro atoms. The molecule has 1 aromatic heterocycles. The van der Waals surface area contributed by atoms with Gasteiger partial charge in [-0.25, -0.2) is 8.42 Å². The van der Waals surface area contributed by atoms with Crippen LogP contribution < -0.4 is 0 Å². The van der Waals surface area contributed by atoms with Gasteiger partial charge in [-0.1, -0.05) is 18.2 Å². The summed E-state index contributed by atoms with van der Waals surface area (Å²) in [5.41, 5.74) is 1.59. The van der Waals surface area contributed by atoms with Gasteiger partial charge in [0.05, 0.1) is 0 Å². The predicted molar refractivity (Wildman–Crippen MR) is 91.0 cm³/mol. The summed E-state index contributed by atoms with van der Waals surface area (Å²) < 4.78 is 40.6. The molecule has 7 heteroatoms. The molecule has 122 valence electrons. The highest BCUT2D eigenvalue weighted by Crippen LogP contribution is 2.31. The highest BCUT2D eigenvalue weighted by molar-refractivity contribution is 7.89. The lowest BCUT2D eigenvalue weighted by Gasteiger charge is -2.23. The molecule has 0 saturated heterocycles. The van der Waals surface area contributed by atoms with E-state index in [2.05, 4.69) is 0 Å². The summed E-state index contributed by atoms with van der Waals surface area (Å²) in [6, 6.07) is 7.14. The van der Waals surface area contributed by atoms with Gasteiger partial charge in [0.25, 0.3) is 0 Å². The van der Waals surface area contributed by atoms with Gasteiger partial charge in [0.15, 0.2) is 0 Å². The summed E-state index contributed by atoms with van der Waals surface area (Å²) in [4.78, 5) is 0.335. The third-order valence-electron chi connectivity index (χ3n) is 4.08. The Labute approximate surface area is 134 Å². The summed E-state index contributed by atoms with van der Waals surface area (Å²) in [5, 5.41) is 0.721. The summed E-state index contributed by atoms with van der Waals surface area (Å²) in [6.07, 6.45) is 1.58. The number of hydrogen-bond donors (Lipinski definition) is 0. The van der Waals surface area contributed by atoms with Crippen LogP contribution in [0.15, 0.2) is 29.2 Å². The minimum absolute atomic E-state index is 0.319. The maximum absolute atomic E-state index is 13.0. The largest absolute Gasteiger partial charge is 0.347 e. The van der Waals surface area contributed by atoms with E-state index in [1.807, 2.05) is 42.8 Å². The topological polar surface area (TPSA) is 59.4 Å². The summed E-state index contributed by atoms with van der Waals surface area (Å²) >= 11 is 0. The van der Waals surface area contributed by atoms with Crippen LogP contribution in [-0.2, 0) is 27.9 Å². The van der Waals surface area contributed by atoms with Crippen LogP contribution in [0.2, 0.25) is 0 Å². The molecule has 2 aromatic rings. The molecule has 0 aliphatic rings. The molecule has 2 unspecified atom stereocenters. The van der Waals surface area contributed by atoms with E-state index in [0.29, 0.717) is 16.3 Å². The number of rotatable bonds is 5. The molecule has 0 fully saturated rings. The maximum atomic E-state index is 13.0. The molecule has 22 heavy (non-hydrogen) atoms. The number of fused-ring (bicyclic) bond motifs is 1. The summed E-state index contributed by atoms with van der Waals surface area (Å²) in [7, 11) is -1.28. The van der Waals surface area contributed by atoms with Crippen LogP contribution in [0.25, 0.3) is 10.9 Å². The Bertz CT molecular complexity index is 825. The Morgan fingerprint density at radius 2 is 1.91 bits per heavy atom. The lowest BCUT2D eigenvalue weighted by molar-refractivity contribution is 0.413. The number of benzene rings is 1. The molecule has 0 amide bonds. The van der Waals surface area contributed by atoms with Crippen molar-refractivity contribution in [1.82, 2.24) is 8.87 Å². The van der Waals surface area contributed by atoms with E-state index >= 15 is 0 Å². The first-order valence-electron chi connectivity index (χ1n) is 7.00. The molecule has 1 aromatic carbocycles. The van der Waals surface area contributed by atoms with Crippen LogP contribution in [-0.4, -0.2) is 46.6 Å². The average Bonchev–Trinajstić information content (AvgIpc) is 2.70. The fraction of sp³-hybridized carbons (Fsp3) is 0.467. The van der Waals surface area contributed by atoms with Gasteiger partial charge in [-0.3, -0.25) is 4.21 Å². The van der Waals surface area contributed by atoms with Crippen molar-refractivity contribution in [3.05, 3.63) is 30.0 Å². The number of aromatic nitrogens is 1. The van der Waals surface area contributed by atoms with E-state index < -0.39 is 20.8 Å². The first kappa shape index (κ1) is 17.2. The van der Waals surface area contributed by atoms with E-state index in [4.69, 9.17) is 0 Å². The lowest BCUT2D eigenvalue weighted by Crippen LogP contribution is -2.38. The highest BCUT2D eigenvalue weighted by Gasteiger charge is 2.31. The first-order valence-corrected chi connectivity index (χ1v) is 10.2. The van der Waals surface area contributed by atoms with Crippen molar-refractivity contribution in [3.8, 4) is 0 Å². The van der Waals surface area contributed by atoms with Gasteiger partial charge >= 0.3 is 0 Å². The Morgan fingerprint density at radius 1 is 1.32 bits per heavy atom. The molecule has 2 rings (SSSR count). The fourth-order valence-electron chi connectivity index (χ4n) is 2.64. The molecule has 0 radical (unpaired) electrons. The third kappa shape index (κ3) is 2.85. The fourth-order valence-corrected chi connectivity index (χ4v) is 5.43. The maximum Gasteiger partial charge on any atom is 0.245 e. The monoisotopic (exact) mass is 342 g/mol. The van der Waals surface area contributed by atoms with Crippen LogP contribution in [0.1, 0.15) is 12.6 Å². The molecule has 0 N–H and O–H groups in total. The second-order valence-electron chi connectivity index (χ2n) is 5.60. The molecular formula is C15H22N2O3S2. The van der Waals surface area contributed by atoms with Gasteiger partial charge in [-0.15, -0.1) is 0 Å². The number of aryl methyl sites for hydroxylation is 1. The molecule has 0 bridgehead atoms. The van der Waals surface area contributed by atoms with Crippen molar-refractivity contribution < 1.29 is 12.6 Å². The van der Waals surface area contributed by atoms with Crippen molar-refractivity contribution in [2.45, 2.75) is 24.8 Å². The van der Waals surface area contributed by atoms with Gasteiger partial charge in [0.2, 0.25) is 10.0 Å². The SMILES string of the molecule is Cc1c(S(=O)(=O)N(C)C(C)CS(C)=O)c2ccccc2n1C. The van der Waals surface area contributed by atoms with Crippen molar-refractivity contribution in [1.29, 1.82) is 0 Å². The van der Waals surface area contributed by atoms with E-state index in [-0.39, 0.29) is 6.04 Å². The van der Waals surface area contributed by atoms with Crippen LogP contribution in [0.4, 0.5) is 0 Å². The van der Waals surface area contributed by atoms with E-state index in [1.165, 1.54) is 4.31 Å². The highest BCUT2D eigenvalue weighted by atomic mass is 32.2. The Balaban J connectivity index is 2.60. The molecule has 0 saturated carbocycles. The number of para-hydroxylation sites is 1. The first-order chi connectivity index (χ1) is 10.2. The lowest BCUT2D eigenvalue weighted by atomic mass is 10.2. The molecule has 0 aliphatic carbocycles. The van der Waals surface area contributed by atoms with Gasteiger partial charge in [0.1, 0.15) is 4.90 Å². The zero-order valence-electron chi connectivity index (χ0n) is 13.5. The zero-order chi connectivity index (χ0) is 16.7. The quantitative estimate of drug-likeness (QED) is 0.833. The van der Waals surface area contributed by atoms with Crippen molar-refractivity contribution >= 4 is 31.7 Å². The number of sulfonamides is 1. The van der Waals surface area contributed by atoms with Gasteiger partial charge < -0.3 is 4.57 Å². The molecule has 2 atom stereocenters. The predicted octanol–water partition coefficient (Wildman–Crippen LogP) is 1.87. The number of nitrogens with zero attached hydrogens (tertiary/aromatic N) is 2. The van der Waals surface area contributed by atoms with Crippen molar-refractivity contribution in [2.75, 3.05) is 19.1 Å². The van der Waals surface area contributed by atoms with E-state index in [0.717, 1.165) is 10.9 Å². The minimum atomic E-state index is -3.64. The van der Waals surface area contributed by atoms with Crippen LogP contribution in [0.5, 0.6) is 0 Å². The van der Waals surface area contributed by atoms with Crippen LogP contribution in [0.3, 0.4) is 0 Å². The second kappa shape index (κ2) is 6.14. The second-order valence-corrected chi connectivity index (χ2v) is 9.01. The summed E-state index contributed by atoms with van der Waals surface area (Å²) in [6.45, 7) is 3.59. The molecular weight excluding hydrogens is 320 g/mol. The molecule has 1 heterocycles.